The van der Waals surface area contributed by atoms with Crippen LogP contribution in [0.5, 0.6) is 0 Å². The van der Waals surface area contributed by atoms with Crippen LogP contribution in [0.1, 0.15) is 61.7 Å². The van der Waals surface area contributed by atoms with Crippen molar-refractivity contribution < 1.29 is 9.32 Å². The van der Waals surface area contributed by atoms with Crippen LogP contribution in [0.4, 0.5) is 0 Å². The smallest absolute Gasteiger partial charge is 0.289 e. The molecule has 0 bridgehead atoms. The molecule has 1 aliphatic rings. The highest BCUT2D eigenvalue weighted by molar-refractivity contribution is 5.91. The van der Waals surface area contributed by atoms with Crippen LogP contribution in [0.3, 0.4) is 0 Å². The summed E-state index contributed by atoms with van der Waals surface area (Å²) in [5, 5.41) is 10.2. The highest BCUT2D eigenvalue weighted by atomic mass is 35.5. The first kappa shape index (κ1) is 17.0. The van der Waals surface area contributed by atoms with Gasteiger partial charge < -0.3 is 15.2 Å². The third-order valence-corrected chi connectivity index (χ3v) is 3.83. The molecule has 1 atom stereocenters. The quantitative estimate of drug-likeness (QED) is 0.847. The maximum Gasteiger partial charge on any atom is 0.289 e. The van der Waals surface area contributed by atoms with E-state index in [1.165, 1.54) is 6.42 Å². The number of carbonyl (C=O) groups excluding carboxylic acids is 1. The summed E-state index contributed by atoms with van der Waals surface area (Å²) in [6, 6.07) is 2.17. The van der Waals surface area contributed by atoms with Crippen molar-refractivity contribution in [1.82, 2.24) is 15.8 Å². The van der Waals surface area contributed by atoms with Crippen molar-refractivity contribution in [2.45, 2.75) is 51.5 Å². The first-order valence-electron chi connectivity index (χ1n) is 7.22. The number of hydrogen-bond acceptors (Lipinski definition) is 4. The predicted octanol–water partition coefficient (Wildman–Crippen LogP) is 2.48. The van der Waals surface area contributed by atoms with Crippen molar-refractivity contribution in [3.05, 3.63) is 17.5 Å². The summed E-state index contributed by atoms with van der Waals surface area (Å²) in [4.78, 5) is 11.9. The zero-order valence-electron chi connectivity index (χ0n) is 12.1. The van der Waals surface area contributed by atoms with Gasteiger partial charge in [0.1, 0.15) is 0 Å². The summed E-state index contributed by atoms with van der Waals surface area (Å²) in [5.74, 6) is 0.528. The third-order valence-electron chi connectivity index (χ3n) is 3.83. The molecule has 1 amide bonds. The van der Waals surface area contributed by atoms with Crippen molar-refractivity contribution in [2.24, 2.45) is 0 Å². The Morgan fingerprint density at radius 2 is 2.30 bits per heavy atom. The van der Waals surface area contributed by atoms with Gasteiger partial charge in [0.25, 0.3) is 5.91 Å². The Balaban J connectivity index is 0.00000200. The number of hydrogen-bond donors (Lipinski definition) is 2. The second kappa shape index (κ2) is 8.27. The molecular formula is C14H24ClN3O2. The molecule has 5 nitrogen and oxygen atoms in total. The molecule has 1 unspecified atom stereocenters. The van der Waals surface area contributed by atoms with Gasteiger partial charge in [-0.1, -0.05) is 19.0 Å². The maximum absolute atomic E-state index is 11.9. The van der Waals surface area contributed by atoms with Crippen molar-refractivity contribution in [2.75, 3.05) is 13.1 Å². The van der Waals surface area contributed by atoms with Crippen LogP contribution >= 0.6 is 12.4 Å². The Bertz CT molecular complexity index is 412. The second-order valence-corrected chi connectivity index (χ2v) is 5.13. The molecule has 0 radical (unpaired) electrons. The maximum atomic E-state index is 11.9. The lowest BCUT2D eigenvalue weighted by molar-refractivity contribution is 0.0913. The Morgan fingerprint density at radius 1 is 1.55 bits per heavy atom. The van der Waals surface area contributed by atoms with Crippen LogP contribution < -0.4 is 10.6 Å². The summed E-state index contributed by atoms with van der Waals surface area (Å²) in [6.07, 6.45) is 4.32. The number of halogens is 1. The number of nitrogens with zero attached hydrogens (tertiary/aromatic N) is 1. The van der Waals surface area contributed by atoms with E-state index in [-0.39, 0.29) is 18.3 Å². The summed E-state index contributed by atoms with van der Waals surface area (Å²) in [7, 11) is 0. The lowest BCUT2D eigenvalue weighted by Crippen LogP contribution is -2.37. The zero-order valence-corrected chi connectivity index (χ0v) is 13.0. The molecule has 1 aromatic heterocycles. The molecule has 0 aliphatic carbocycles. The number of nitrogens with one attached hydrogen (secondary N) is 2. The van der Waals surface area contributed by atoms with Crippen LogP contribution in [-0.4, -0.2) is 30.2 Å². The lowest BCUT2D eigenvalue weighted by atomic mass is 9.99. The first-order chi connectivity index (χ1) is 9.24. The molecule has 6 heteroatoms. The summed E-state index contributed by atoms with van der Waals surface area (Å²) in [6.45, 7) is 5.93. The molecule has 1 saturated heterocycles. The van der Waals surface area contributed by atoms with Gasteiger partial charge in [-0.2, -0.15) is 0 Å². The van der Waals surface area contributed by atoms with Crippen LogP contribution in [0, 0.1) is 0 Å². The second-order valence-electron chi connectivity index (χ2n) is 5.13. The minimum absolute atomic E-state index is 0. The van der Waals surface area contributed by atoms with Crippen LogP contribution in [-0.2, 0) is 0 Å². The van der Waals surface area contributed by atoms with Gasteiger partial charge >= 0.3 is 0 Å². The zero-order chi connectivity index (χ0) is 13.7. The van der Waals surface area contributed by atoms with E-state index in [9.17, 15) is 4.79 Å². The van der Waals surface area contributed by atoms with E-state index in [2.05, 4.69) is 29.6 Å². The topological polar surface area (TPSA) is 67.2 Å². The fourth-order valence-electron chi connectivity index (χ4n) is 2.53. The van der Waals surface area contributed by atoms with Crippen LogP contribution in [0.2, 0.25) is 0 Å². The molecular weight excluding hydrogens is 278 g/mol. The van der Waals surface area contributed by atoms with Crippen molar-refractivity contribution in [3.8, 4) is 0 Å². The Hall–Kier alpha value is -1.07. The van der Waals surface area contributed by atoms with E-state index in [1.54, 1.807) is 6.07 Å². The molecule has 0 aromatic carbocycles. The molecule has 20 heavy (non-hydrogen) atoms. The Kier molecular flexibility index (Phi) is 7.02. The highest BCUT2D eigenvalue weighted by Gasteiger charge is 2.19. The SMILES string of the molecule is CCC(CC)c1cc(C(=O)NCC2CCCN2)on1.Cl. The van der Waals surface area contributed by atoms with Gasteiger partial charge in [-0.3, -0.25) is 4.79 Å². The fraction of sp³-hybridized carbons (Fsp3) is 0.714. The van der Waals surface area contributed by atoms with Gasteiger partial charge in [-0.25, -0.2) is 0 Å². The highest BCUT2D eigenvalue weighted by Crippen LogP contribution is 2.22. The van der Waals surface area contributed by atoms with Gasteiger partial charge in [-0.05, 0) is 32.2 Å². The minimum atomic E-state index is -0.168. The molecule has 1 aliphatic heterocycles. The molecule has 2 N–H and O–H groups in total. The molecule has 0 spiro atoms. The average Bonchev–Trinajstić information content (AvgIpc) is 3.09. The van der Waals surface area contributed by atoms with Gasteiger partial charge in [0.15, 0.2) is 0 Å². The molecule has 1 fully saturated rings. The standard InChI is InChI=1S/C14H23N3O2.ClH/c1-3-10(4-2)12-8-13(19-17-12)14(18)16-9-11-6-5-7-15-11;/h8,10-11,15H,3-7,9H2,1-2H3,(H,16,18);1H. The predicted molar refractivity (Wildman–Crippen MR) is 80.4 cm³/mol. The fourth-order valence-corrected chi connectivity index (χ4v) is 2.53. The minimum Gasteiger partial charge on any atom is -0.351 e. The summed E-state index contributed by atoms with van der Waals surface area (Å²) < 4.78 is 5.14. The monoisotopic (exact) mass is 301 g/mol. The number of aromatic nitrogens is 1. The van der Waals surface area contributed by atoms with Gasteiger partial charge in [0.05, 0.1) is 5.69 Å². The number of amides is 1. The Morgan fingerprint density at radius 3 is 2.90 bits per heavy atom. The molecule has 0 saturated carbocycles. The normalized spacial score (nSPS) is 18.1. The van der Waals surface area contributed by atoms with Crippen molar-refractivity contribution >= 4 is 18.3 Å². The molecule has 1 aromatic rings. The first-order valence-corrected chi connectivity index (χ1v) is 7.22. The summed E-state index contributed by atoms with van der Waals surface area (Å²) in [5.41, 5.74) is 0.883. The van der Waals surface area contributed by atoms with E-state index in [0.29, 0.717) is 24.3 Å². The van der Waals surface area contributed by atoms with Gasteiger partial charge in [-0.15, -0.1) is 12.4 Å². The largest absolute Gasteiger partial charge is 0.351 e. The van der Waals surface area contributed by atoms with Crippen molar-refractivity contribution in [1.29, 1.82) is 0 Å². The lowest BCUT2D eigenvalue weighted by Gasteiger charge is -2.09. The Labute approximate surface area is 126 Å². The average molecular weight is 302 g/mol. The van der Waals surface area contributed by atoms with E-state index in [4.69, 9.17) is 4.52 Å². The van der Waals surface area contributed by atoms with E-state index in [1.807, 2.05) is 0 Å². The van der Waals surface area contributed by atoms with E-state index >= 15 is 0 Å². The van der Waals surface area contributed by atoms with E-state index < -0.39 is 0 Å². The van der Waals surface area contributed by atoms with E-state index in [0.717, 1.165) is 31.5 Å². The number of rotatable bonds is 6. The number of carbonyl (C=O) groups is 1. The van der Waals surface area contributed by atoms with Crippen LogP contribution in [0.25, 0.3) is 0 Å². The summed E-state index contributed by atoms with van der Waals surface area (Å²) >= 11 is 0. The van der Waals surface area contributed by atoms with Gasteiger partial charge in [0, 0.05) is 24.6 Å². The third kappa shape index (κ3) is 4.21. The molecule has 114 valence electrons. The van der Waals surface area contributed by atoms with Gasteiger partial charge in [0.2, 0.25) is 5.76 Å². The van der Waals surface area contributed by atoms with Crippen molar-refractivity contribution in [3.63, 3.8) is 0 Å². The molecule has 2 heterocycles. The molecule has 2 rings (SSSR count). The van der Waals surface area contributed by atoms with Crippen LogP contribution in [0.15, 0.2) is 10.6 Å².